The molecule has 3 rings (SSSR count). The summed E-state index contributed by atoms with van der Waals surface area (Å²) >= 11 is 0. The Balaban J connectivity index is 1.76. The van der Waals surface area contributed by atoms with E-state index in [1.807, 2.05) is 13.8 Å². The van der Waals surface area contributed by atoms with Crippen LogP contribution in [0.1, 0.15) is 32.4 Å². The molecule has 0 unspecified atom stereocenters. The van der Waals surface area contributed by atoms with Gasteiger partial charge in [-0.1, -0.05) is 12.1 Å². The molecule has 186 valence electrons. The van der Waals surface area contributed by atoms with Gasteiger partial charge in [0.1, 0.15) is 5.82 Å². The zero-order chi connectivity index (χ0) is 24.7. The number of nitrogens with zero attached hydrogens (tertiary/aromatic N) is 5. The third kappa shape index (κ3) is 6.73. The highest BCUT2D eigenvalue weighted by Gasteiger charge is 2.29. The molecule has 0 spiro atoms. The smallest absolute Gasteiger partial charge is 0.321 e. The van der Waals surface area contributed by atoms with Gasteiger partial charge in [-0.05, 0) is 37.6 Å². The number of fused-ring (bicyclic) bond motifs is 1. The van der Waals surface area contributed by atoms with Crippen molar-refractivity contribution in [3.63, 3.8) is 0 Å². The fourth-order valence-corrected chi connectivity index (χ4v) is 3.85. The third-order valence-electron chi connectivity index (χ3n) is 6.04. The molecule has 0 saturated carbocycles. The topological polar surface area (TPSA) is 113 Å². The lowest BCUT2D eigenvalue weighted by molar-refractivity contribution is -0.136. The van der Waals surface area contributed by atoms with Gasteiger partial charge >= 0.3 is 6.03 Å². The second kappa shape index (κ2) is 11.9. The molecule has 0 radical (unpaired) electrons. The maximum Gasteiger partial charge on any atom is 0.321 e. The minimum Gasteiger partial charge on any atom is -0.394 e. The molecule has 1 aliphatic heterocycles. The van der Waals surface area contributed by atoms with Crippen LogP contribution in [0.25, 0.3) is 0 Å². The van der Waals surface area contributed by atoms with E-state index in [0.29, 0.717) is 31.6 Å². The number of hydrogen-bond acceptors (Lipinski definition) is 6. The molecule has 0 fully saturated rings. The van der Waals surface area contributed by atoms with Crippen LogP contribution in [0.2, 0.25) is 0 Å². The average molecular weight is 477 g/mol. The highest BCUT2D eigenvalue weighted by atomic mass is 19.1. The number of benzene rings is 1. The zero-order valence-corrected chi connectivity index (χ0v) is 19.9. The van der Waals surface area contributed by atoms with Gasteiger partial charge in [-0.2, -0.15) is 0 Å². The standard InChI is InChI=1S/C23H33FN6O4/c1-16-12-29(17(2)14-31)22(32)5-4-10-30-20(11-25-27-30)15-34-21(16)13-28(3)23(33)26-19-8-6-18(24)7-9-19/h6-9,11,16-17,21,31H,4-5,10,12-15H2,1-3H3,(H,26,33)/t16-,17-,21-/m0/s1. The number of carbonyl (C=O) groups excluding carboxylic acids is 2. The Kier molecular flexibility index (Phi) is 8.94. The molecule has 3 amide bonds. The number of amides is 3. The molecule has 2 aromatic rings. The molecular weight excluding hydrogens is 443 g/mol. The molecule has 1 aromatic heterocycles. The lowest BCUT2D eigenvalue weighted by Gasteiger charge is -2.35. The number of aryl methyl sites for hydroxylation is 1. The normalized spacial score (nSPS) is 20.6. The van der Waals surface area contributed by atoms with Crippen LogP contribution in [-0.2, 0) is 22.7 Å². The molecule has 1 aliphatic rings. The summed E-state index contributed by atoms with van der Waals surface area (Å²) in [6, 6.07) is 4.84. The van der Waals surface area contributed by atoms with Crippen molar-refractivity contribution in [3.8, 4) is 0 Å². The molecule has 0 aliphatic carbocycles. The maximum absolute atomic E-state index is 13.2. The lowest BCUT2D eigenvalue weighted by Crippen LogP contribution is -2.48. The SMILES string of the molecule is C[C@H]1CN([C@@H](C)CO)C(=O)CCCn2nncc2CO[C@H]1CN(C)C(=O)Nc1ccc(F)cc1. The zero-order valence-electron chi connectivity index (χ0n) is 19.9. The highest BCUT2D eigenvalue weighted by molar-refractivity contribution is 5.89. The van der Waals surface area contributed by atoms with Crippen molar-refractivity contribution in [3.05, 3.63) is 42.0 Å². The molecule has 0 bridgehead atoms. The number of ether oxygens (including phenoxy) is 1. The average Bonchev–Trinajstić information content (AvgIpc) is 3.27. The van der Waals surface area contributed by atoms with Gasteiger partial charge < -0.3 is 25.0 Å². The second-order valence-corrected chi connectivity index (χ2v) is 8.77. The first-order valence-electron chi connectivity index (χ1n) is 11.5. The van der Waals surface area contributed by atoms with Crippen LogP contribution in [0, 0.1) is 11.7 Å². The van der Waals surface area contributed by atoms with E-state index >= 15 is 0 Å². The lowest BCUT2D eigenvalue weighted by atomic mass is 10.0. The van der Waals surface area contributed by atoms with E-state index in [4.69, 9.17) is 4.74 Å². The first kappa shape index (κ1) is 25.6. The summed E-state index contributed by atoms with van der Waals surface area (Å²) in [6.45, 7) is 5.07. The molecular formula is C23H33FN6O4. The van der Waals surface area contributed by atoms with Crippen molar-refractivity contribution in [2.75, 3.05) is 32.1 Å². The van der Waals surface area contributed by atoms with E-state index in [1.54, 1.807) is 22.8 Å². The number of hydrogen-bond donors (Lipinski definition) is 2. The third-order valence-corrected chi connectivity index (χ3v) is 6.04. The van der Waals surface area contributed by atoms with E-state index < -0.39 is 6.10 Å². The minimum absolute atomic E-state index is 0.0446. The number of halogens is 1. The number of rotatable bonds is 5. The Morgan fingerprint density at radius 2 is 2.12 bits per heavy atom. The van der Waals surface area contributed by atoms with E-state index in [2.05, 4.69) is 15.6 Å². The summed E-state index contributed by atoms with van der Waals surface area (Å²) in [5.74, 6) is -0.564. The van der Waals surface area contributed by atoms with Gasteiger partial charge in [-0.3, -0.25) is 4.79 Å². The Morgan fingerprint density at radius 1 is 1.38 bits per heavy atom. The first-order chi connectivity index (χ1) is 16.3. The predicted octanol–water partition coefficient (Wildman–Crippen LogP) is 2.11. The number of aromatic nitrogens is 3. The van der Waals surface area contributed by atoms with Gasteiger partial charge in [-0.15, -0.1) is 5.10 Å². The molecule has 0 saturated heterocycles. The number of likely N-dealkylation sites (N-methyl/N-ethyl adjacent to an activating group) is 1. The van der Waals surface area contributed by atoms with Crippen molar-refractivity contribution in [2.24, 2.45) is 5.92 Å². The monoisotopic (exact) mass is 476 g/mol. The van der Waals surface area contributed by atoms with Crippen molar-refractivity contribution in [1.29, 1.82) is 0 Å². The van der Waals surface area contributed by atoms with Gasteiger partial charge in [0.15, 0.2) is 0 Å². The fraction of sp³-hybridized carbons (Fsp3) is 0.565. The van der Waals surface area contributed by atoms with E-state index in [1.165, 1.54) is 29.2 Å². The van der Waals surface area contributed by atoms with Crippen LogP contribution in [0.15, 0.2) is 30.5 Å². The largest absolute Gasteiger partial charge is 0.394 e. The predicted molar refractivity (Wildman–Crippen MR) is 123 cm³/mol. The molecule has 2 N–H and O–H groups in total. The number of aliphatic hydroxyl groups is 1. The number of carbonyl (C=O) groups is 2. The van der Waals surface area contributed by atoms with Gasteiger partial charge in [0, 0.05) is 44.7 Å². The van der Waals surface area contributed by atoms with Crippen LogP contribution in [-0.4, -0.2) is 80.7 Å². The Morgan fingerprint density at radius 3 is 2.82 bits per heavy atom. The van der Waals surface area contributed by atoms with E-state index in [9.17, 15) is 19.1 Å². The van der Waals surface area contributed by atoms with E-state index in [-0.39, 0.29) is 49.5 Å². The van der Waals surface area contributed by atoms with Crippen molar-refractivity contribution in [2.45, 2.75) is 52.0 Å². The summed E-state index contributed by atoms with van der Waals surface area (Å²) < 4.78 is 21.1. The Bertz CT molecular complexity index is 953. The Labute approximate surface area is 198 Å². The Hall–Kier alpha value is -3.05. The van der Waals surface area contributed by atoms with Crippen LogP contribution >= 0.6 is 0 Å². The molecule has 10 nitrogen and oxygen atoms in total. The van der Waals surface area contributed by atoms with Gasteiger partial charge in [-0.25, -0.2) is 13.9 Å². The van der Waals surface area contributed by atoms with Crippen LogP contribution in [0.5, 0.6) is 0 Å². The molecule has 34 heavy (non-hydrogen) atoms. The van der Waals surface area contributed by atoms with Gasteiger partial charge in [0.05, 0.1) is 37.3 Å². The summed E-state index contributed by atoms with van der Waals surface area (Å²) in [4.78, 5) is 28.8. The minimum atomic E-state index is -0.409. The van der Waals surface area contributed by atoms with Crippen molar-refractivity contribution >= 4 is 17.6 Å². The maximum atomic E-state index is 13.2. The van der Waals surface area contributed by atoms with Crippen molar-refractivity contribution < 1.29 is 23.8 Å². The molecule has 1 aromatic carbocycles. The molecule has 3 atom stereocenters. The second-order valence-electron chi connectivity index (χ2n) is 8.77. The van der Waals surface area contributed by atoms with Crippen molar-refractivity contribution in [1.82, 2.24) is 24.8 Å². The number of nitrogens with one attached hydrogen (secondary N) is 1. The molecule has 2 heterocycles. The number of urea groups is 1. The van der Waals surface area contributed by atoms with Gasteiger partial charge in [0.2, 0.25) is 5.91 Å². The van der Waals surface area contributed by atoms with E-state index in [0.717, 1.165) is 5.69 Å². The quantitative estimate of drug-likeness (QED) is 0.684. The summed E-state index contributed by atoms with van der Waals surface area (Å²) in [5.41, 5.74) is 1.28. The number of aliphatic hydroxyl groups excluding tert-OH is 1. The van der Waals surface area contributed by atoms with Gasteiger partial charge in [0.25, 0.3) is 0 Å². The summed E-state index contributed by atoms with van der Waals surface area (Å²) in [7, 11) is 1.65. The van der Waals surface area contributed by atoms with Crippen LogP contribution < -0.4 is 5.32 Å². The fourth-order valence-electron chi connectivity index (χ4n) is 3.85. The number of anilines is 1. The molecule has 11 heteroatoms. The van der Waals surface area contributed by atoms with Crippen LogP contribution in [0.3, 0.4) is 0 Å². The first-order valence-corrected chi connectivity index (χ1v) is 11.5. The highest BCUT2D eigenvalue weighted by Crippen LogP contribution is 2.19. The summed E-state index contributed by atoms with van der Waals surface area (Å²) in [6.07, 6.45) is 2.17. The summed E-state index contributed by atoms with van der Waals surface area (Å²) in [5, 5.41) is 20.5. The van der Waals surface area contributed by atoms with Crippen LogP contribution in [0.4, 0.5) is 14.9 Å².